The second kappa shape index (κ2) is 5.06. The van der Waals surface area contributed by atoms with Crippen LogP contribution in [0.25, 0.3) is 0 Å². The van der Waals surface area contributed by atoms with E-state index in [2.05, 4.69) is 10.1 Å². The van der Waals surface area contributed by atoms with E-state index in [1.807, 2.05) is 0 Å². The van der Waals surface area contributed by atoms with E-state index < -0.39 is 16.0 Å². The largest absolute Gasteiger partial charge is 0.490 e. The molecule has 0 bridgehead atoms. The molecule has 0 spiro atoms. The Balaban J connectivity index is 2.65. The smallest absolute Gasteiger partial charge is 0.341 e. The van der Waals surface area contributed by atoms with Gasteiger partial charge in [-0.3, -0.25) is 0 Å². The molecule has 19 heavy (non-hydrogen) atoms. The quantitative estimate of drug-likeness (QED) is 0.758. The zero-order valence-electron chi connectivity index (χ0n) is 10.3. The van der Waals surface area contributed by atoms with Gasteiger partial charge in [0.25, 0.3) is 0 Å². The number of carbonyl (C=O) groups is 1. The number of fused-ring (bicyclic) bond motifs is 1. The average molecular weight is 286 g/mol. The molecule has 0 atom stereocenters. The highest BCUT2D eigenvalue weighted by molar-refractivity contribution is 7.89. The lowest BCUT2D eigenvalue weighted by molar-refractivity contribution is 0.0596. The van der Waals surface area contributed by atoms with Crippen molar-refractivity contribution >= 4 is 21.7 Å². The zero-order valence-corrected chi connectivity index (χ0v) is 11.1. The maximum Gasteiger partial charge on any atom is 0.341 e. The molecule has 7 nitrogen and oxygen atoms in total. The molecule has 104 valence electrons. The maximum atomic E-state index is 11.7. The molecule has 1 aromatic rings. The minimum atomic E-state index is -3.92. The van der Waals surface area contributed by atoms with Gasteiger partial charge in [-0.2, -0.15) is 0 Å². The van der Waals surface area contributed by atoms with Gasteiger partial charge in [0.05, 0.1) is 24.3 Å². The SMILES string of the molecule is COC(=O)c1cc(S(N)(=O)=O)cc2c1OCCCN2. The maximum absolute atomic E-state index is 11.7. The van der Waals surface area contributed by atoms with Crippen LogP contribution in [0.15, 0.2) is 17.0 Å². The molecular formula is C11H14N2O5S. The van der Waals surface area contributed by atoms with Gasteiger partial charge in [-0.1, -0.05) is 0 Å². The zero-order chi connectivity index (χ0) is 14.0. The van der Waals surface area contributed by atoms with E-state index in [0.29, 0.717) is 18.8 Å². The summed E-state index contributed by atoms with van der Waals surface area (Å²) in [5, 5.41) is 8.10. The molecule has 0 fully saturated rings. The minimum Gasteiger partial charge on any atom is -0.490 e. The summed E-state index contributed by atoms with van der Waals surface area (Å²) in [6.45, 7) is 1.04. The van der Waals surface area contributed by atoms with Gasteiger partial charge in [-0.25, -0.2) is 18.4 Å². The van der Waals surface area contributed by atoms with E-state index in [9.17, 15) is 13.2 Å². The lowest BCUT2D eigenvalue weighted by Gasteiger charge is -2.13. The van der Waals surface area contributed by atoms with Crippen LogP contribution in [-0.2, 0) is 14.8 Å². The first-order chi connectivity index (χ1) is 8.93. The minimum absolute atomic E-state index is 0.0402. The first-order valence-electron chi connectivity index (χ1n) is 5.59. The standard InChI is InChI=1S/C11H14N2O5S/c1-17-11(14)8-5-7(19(12,15)16)6-9-10(8)18-4-2-3-13-9/h5-6,13H,2-4H2,1H3,(H2,12,15,16). The van der Waals surface area contributed by atoms with Crippen molar-refractivity contribution in [3.63, 3.8) is 0 Å². The Labute approximate surface area is 110 Å². The second-order valence-corrected chi connectivity index (χ2v) is 5.57. The summed E-state index contributed by atoms with van der Waals surface area (Å²) in [4.78, 5) is 11.5. The highest BCUT2D eigenvalue weighted by atomic mass is 32.2. The topological polar surface area (TPSA) is 108 Å². The summed E-state index contributed by atoms with van der Waals surface area (Å²) in [5.74, 6) is -0.387. The van der Waals surface area contributed by atoms with Crippen LogP contribution in [0.3, 0.4) is 0 Å². The summed E-state index contributed by atoms with van der Waals surface area (Å²) in [7, 11) is -2.70. The summed E-state index contributed by atoms with van der Waals surface area (Å²) >= 11 is 0. The Bertz CT molecular complexity index is 612. The molecule has 0 saturated heterocycles. The third-order valence-electron chi connectivity index (χ3n) is 2.68. The Kier molecular flexibility index (Phi) is 3.63. The lowest BCUT2D eigenvalue weighted by atomic mass is 10.1. The summed E-state index contributed by atoms with van der Waals surface area (Å²) < 4.78 is 32.9. The first kappa shape index (κ1) is 13.6. The van der Waals surface area contributed by atoms with Gasteiger partial charge < -0.3 is 14.8 Å². The Morgan fingerprint density at radius 3 is 2.84 bits per heavy atom. The predicted octanol–water partition coefficient (Wildman–Crippen LogP) is 0.315. The number of rotatable bonds is 2. The van der Waals surface area contributed by atoms with Crippen molar-refractivity contribution in [3.05, 3.63) is 17.7 Å². The molecule has 0 saturated carbocycles. The molecular weight excluding hydrogens is 272 g/mol. The Morgan fingerprint density at radius 2 is 2.21 bits per heavy atom. The highest BCUT2D eigenvalue weighted by Gasteiger charge is 2.23. The Hall–Kier alpha value is -1.80. The normalized spacial score (nSPS) is 14.6. The second-order valence-electron chi connectivity index (χ2n) is 4.01. The number of hydrogen-bond donors (Lipinski definition) is 2. The van der Waals surface area contributed by atoms with Crippen LogP contribution in [-0.4, -0.2) is 34.6 Å². The fourth-order valence-electron chi connectivity index (χ4n) is 1.78. The van der Waals surface area contributed by atoms with Crippen LogP contribution >= 0.6 is 0 Å². The van der Waals surface area contributed by atoms with Crippen LogP contribution in [0.1, 0.15) is 16.8 Å². The van der Waals surface area contributed by atoms with Crippen molar-refractivity contribution < 1.29 is 22.7 Å². The highest BCUT2D eigenvalue weighted by Crippen LogP contribution is 2.34. The molecule has 1 aromatic carbocycles. The first-order valence-corrected chi connectivity index (χ1v) is 7.14. The number of methoxy groups -OCH3 is 1. The lowest BCUT2D eigenvalue weighted by Crippen LogP contribution is -2.15. The summed E-state index contributed by atoms with van der Waals surface area (Å²) in [5.41, 5.74) is 0.461. The van der Waals surface area contributed by atoms with Crippen LogP contribution < -0.4 is 15.2 Å². The van der Waals surface area contributed by atoms with Gasteiger partial charge in [0.1, 0.15) is 5.56 Å². The third kappa shape index (κ3) is 2.79. The van der Waals surface area contributed by atoms with Crippen molar-refractivity contribution in [1.29, 1.82) is 0 Å². The van der Waals surface area contributed by atoms with Gasteiger partial charge in [0.15, 0.2) is 5.75 Å². The number of benzene rings is 1. The van der Waals surface area contributed by atoms with E-state index in [0.717, 1.165) is 12.5 Å². The van der Waals surface area contributed by atoms with Gasteiger partial charge in [-0.15, -0.1) is 0 Å². The van der Waals surface area contributed by atoms with Crippen LogP contribution in [0.5, 0.6) is 5.75 Å². The molecule has 2 rings (SSSR count). The fourth-order valence-corrected chi connectivity index (χ4v) is 2.35. The molecule has 0 aromatic heterocycles. The van der Waals surface area contributed by atoms with E-state index in [1.165, 1.54) is 13.2 Å². The van der Waals surface area contributed by atoms with Gasteiger partial charge >= 0.3 is 5.97 Å². The molecule has 1 aliphatic rings. The number of nitrogens with one attached hydrogen (secondary N) is 1. The molecule has 0 unspecified atom stereocenters. The van der Waals surface area contributed by atoms with Crippen LogP contribution in [0.4, 0.5) is 5.69 Å². The van der Waals surface area contributed by atoms with E-state index in [1.54, 1.807) is 0 Å². The fraction of sp³-hybridized carbons (Fsp3) is 0.364. The van der Waals surface area contributed by atoms with Gasteiger partial charge in [0.2, 0.25) is 10.0 Å². The Morgan fingerprint density at radius 1 is 1.47 bits per heavy atom. The van der Waals surface area contributed by atoms with E-state index in [4.69, 9.17) is 9.88 Å². The summed E-state index contributed by atoms with van der Waals surface area (Å²) in [6, 6.07) is 2.51. The van der Waals surface area contributed by atoms with Crippen molar-refractivity contribution in [3.8, 4) is 5.75 Å². The van der Waals surface area contributed by atoms with Crippen molar-refractivity contribution in [2.45, 2.75) is 11.3 Å². The molecule has 3 N–H and O–H groups in total. The molecule has 1 heterocycles. The van der Waals surface area contributed by atoms with Crippen molar-refractivity contribution in [2.24, 2.45) is 5.14 Å². The van der Waals surface area contributed by atoms with E-state index >= 15 is 0 Å². The molecule has 1 aliphatic heterocycles. The molecule has 0 radical (unpaired) electrons. The molecule has 0 amide bonds. The molecule has 8 heteroatoms. The van der Waals surface area contributed by atoms with Gasteiger partial charge in [0, 0.05) is 6.54 Å². The molecule has 0 aliphatic carbocycles. The number of anilines is 1. The summed E-state index contributed by atoms with van der Waals surface area (Å²) in [6.07, 6.45) is 0.736. The monoisotopic (exact) mass is 286 g/mol. The van der Waals surface area contributed by atoms with Crippen molar-refractivity contribution in [2.75, 3.05) is 25.6 Å². The average Bonchev–Trinajstić information content (AvgIpc) is 2.60. The predicted molar refractivity (Wildman–Crippen MR) is 67.8 cm³/mol. The number of ether oxygens (including phenoxy) is 2. The third-order valence-corrected chi connectivity index (χ3v) is 3.57. The van der Waals surface area contributed by atoms with E-state index in [-0.39, 0.29) is 16.2 Å². The number of primary sulfonamides is 1. The van der Waals surface area contributed by atoms with Gasteiger partial charge in [-0.05, 0) is 18.6 Å². The van der Waals surface area contributed by atoms with Crippen molar-refractivity contribution in [1.82, 2.24) is 0 Å². The number of nitrogens with two attached hydrogens (primary N) is 1. The van der Waals surface area contributed by atoms with Crippen LogP contribution in [0.2, 0.25) is 0 Å². The number of esters is 1. The number of sulfonamides is 1. The number of carbonyl (C=O) groups excluding carboxylic acids is 1. The van der Waals surface area contributed by atoms with Crippen LogP contribution in [0, 0.1) is 0 Å². The number of hydrogen-bond acceptors (Lipinski definition) is 6.